The van der Waals surface area contributed by atoms with Gasteiger partial charge in [0.15, 0.2) is 0 Å². The van der Waals surface area contributed by atoms with Gasteiger partial charge in [0, 0.05) is 5.69 Å². The van der Waals surface area contributed by atoms with Crippen LogP contribution in [0.1, 0.15) is 11.1 Å². The first kappa shape index (κ1) is 12.1. The number of benzene rings is 1. The van der Waals surface area contributed by atoms with E-state index in [0.717, 1.165) is 16.8 Å². The summed E-state index contributed by atoms with van der Waals surface area (Å²) >= 11 is 0. The van der Waals surface area contributed by atoms with Crippen LogP contribution < -0.4 is 15.6 Å². The lowest BCUT2D eigenvalue weighted by atomic mass is 10.1. The van der Waals surface area contributed by atoms with Gasteiger partial charge in [-0.15, -0.1) is 0 Å². The lowest BCUT2D eigenvalue weighted by molar-refractivity contribution is -0.750. The first-order valence-electron chi connectivity index (χ1n) is 5.49. The second-order valence-corrected chi connectivity index (χ2v) is 4.14. The molecule has 0 fully saturated rings. The Balaban J connectivity index is 2.05. The molecule has 0 spiro atoms. The zero-order valence-corrected chi connectivity index (χ0v) is 10.2. The van der Waals surface area contributed by atoms with Gasteiger partial charge in [-0.25, -0.2) is 4.79 Å². The summed E-state index contributed by atoms with van der Waals surface area (Å²) in [5.74, 6) is -0.232. The summed E-state index contributed by atoms with van der Waals surface area (Å²) in [4.78, 5) is 22.5. The summed E-state index contributed by atoms with van der Waals surface area (Å²) in [5, 5.41) is 5.09. The molecule has 0 saturated carbocycles. The summed E-state index contributed by atoms with van der Waals surface area (Å²) < 4.78 is 5.74. The number of aromatic nitrogens is 2. The van der Waals surface area contributed by atoms with E-state index >= 15 is 0 Å². The van der Waals surface area contributed by atoms with E-state index in [1.807, 2.05) is 32.0 Å². The zero-order chi connectivity index (χ0) is 13.1. The molecule has 2 N–H and O–H groups in total. The molecule has 6 nitrogen and oxygen atoms in total. The number of rotatable bonds is 3. The normalized spacial score (nSPS) is 10.3. The Morgan fingerprint density at radius 3 is 2.83 bits per heavy atom. The van der Waals surface area contributed by atoms with Crippen molar-refractivity contribution in [1.82, 2.24) is 5.27 Å². The fourth-order valence-corrected chi connectivity index (χ4v) is 1.66. The second-order valence-electron chi connectivity index (χ2n) is 4.14. The minimum atomic E-state index is -0.519. The van der Waals surface area contributed by atoms with Crippen molar-refractivity contribution in [2.45, 2.75) is 20.4 Å². The standard InChI is InChI=1S/C12H13N3O3/c1-8-3-4-10(9(2)5-8)13-11(16)6-15-7-12(17)18-14-15/h3-5,7H,6H2,1-2H3,(H-,13,14,16,17)/p+1. The third-order valence-electron chi connectivity index (χ3n) is 2.49. The molecule has 0 bridgehead atoms. The van der Waals surface area contributed by atoms with Crippen LogP contribution in [0.15, 0.2) is 33.7 Å². The molecule has 0 unspecified atom stereocenters. The molecular weight excluding hydrogens is 234 g/mol. The molecule has 94 valence electrons. The average molecular weight is 248 g/mol. The van der Waals surface area contributed by atoms with E-state index in [0.29, 0.717) is 0 Å². The number of H-pyrrole nitrogens is 1. The van der Waals surface area contributed by atoms with Gasteiger partial charge in [0.25, 0.3) is 18.6 Å². The van der Waals surface area contributed by atoms with E-state index in [4.69, 9.17) is 0 Å². The number of hydrogen-bond donors (Lipinski definition) is 2. The van der Waals surface area contributed by atoms with Gasteiger partial charge in [-0.2, -0.15) is 0 Å². The van der Waals surface area contributed by atoms with Gasteiger partial charge >= 0.3 is 5.63 Å². The van der Waals surface area contributed by atoms with Crippen LogP contribution in [0.4, 0.5) is 5.69 Å². The number of anilines is 1. The highest BCUT2D eigenvalue weighted by Gasteiger charge is 2.13. The maximum atomic E-state index is 11.7. The van der Waals surface area contributed by atoms with E-state index in [1.54, 1.807) is 0 Å². The van der Waals surface area contributed by atoms with Crippen molar-refractivity contribution in [1.29, 1.82) is 0 Å². The van der Waals surface area contributed by atoms with Crippen LogP contribution in [-0.4, -0.2) is 11.2 Å². The molecule has 1 amide bonds. The summed E-state index contributed by atoms with van der Waals surface area (Å²) in [7, 11) is 0. The predicted octanol–water partition coefficient (Wildman–Crippen LogP) is 0.511. The minimum absolute atomic E-state index is 0.000936. The van der Waals surface area contributed by atoms with Gasteiger partial charge < -0.3 is 5.32 Å². The number of nitrogens with one attached hydrogen (secondary N) is 2. The van der Waals surface area contributed by atoms with E-state index in [9.17, 15) is 9.59 Å². The van der Waals surface area contributed by atoms with Crippen LogP contribution in [-0.2, 0) is 11.3 Å². The molecule has 0 atom stereocenters. The van der Waals surface area contributed by atoms with Gasteiger partial charge in [0.2, 0.25) is 0 Å². The lowest BCUT2D eigenvalue weighted by Crippen LogP contribution is -2.41. The Morgan fingerprint density at radius 2 is 2.22 bits per heavy atom. The molecule has 18 heavy (non-hydrogen) atoms. The summed E-state index contributed by atoms with van der Waals surface area (Å²) in [6.45, 7) is 3.92. The van der Waals surface area contributed by atoms with E-state index in [1.165, 1.54) is 10.9 Å². The lowest BCUT2D eigenvalue weighted by Gasteiger charge is -2.06. The largest absolute Gasteiger partial charge is 0.426 e. The Morgan fingerprint density at radius 1 is 1.44 bits per heavy atom. The molecule has 0 aliphatic heterocycles. The average Bonchev–Trinajstić information content (AvgIpc) is 2.68. The quantitative estimate of drug-likeness (QED) is 0.777. The van der Waals surface area contributed by atoms with Crippen molar-refractivity contribution in [2.75, 3.05) is 5.32 Å². The van der Waals surface area contributed by atoms with Gasteiger partial charge in [0.05, 0.1) is 0 Å². The Kier molecular flexibility index (Phi) is 3.27. The molecule has 1 aromatic carbocycles. The molecule has 6 heteroatoms. The van der Waals surface area contributed by atoms with Crippen molar-refractivity contribution < 1.29 is 14.0 Å². The maximum absolute atomic E-state index is 11.7. The number of amides is 1. The molecule has 2 aromatic rings. The monoisotopic (exact) mass is 248 g/mol. The Hall–Kier alpha value is -2.37. The smallest absolute Gasteiger partial charge is 0.320 e. The highest BCUT2D eigenvalue weighted by atomic mass is 16.5. The molecule has 0 aliphatic rings. The molecule has 0 aliphatic carbocycles. The fraction of sp³-hybridized carbons (Fsp3) is 0.250. The van der Waals surface area contributed by atoms with Crippen LogP contribution in [0.2, 0.25) is 0 Å². The Labute approximate surface area is 103 Å². The van der Waals surface area contributed by atoms with Crippen LogP contribution in [0.25, 0.3) is 0 Å². The van der Waals surface area contributed by atoms with E-state index in [2.05, 4.69) is 15.1 Å². The molecular formula is C12H14N3O3+. The summed E-state index contributed by atoms with van der Waals surface area (Å²) in [5.41, 5.74) is 2.37. The van der Waals surface area contributed by atoms with Crippen molar-refractivity contribution in [3.8, 4) is 0 Å². The van der Waals surface area contributed by atoms with Crippen molar-refractivity contribution in [3.63, 3.8) is 0 Å². The van der Waals surface area contributed by atoms with Crippen LogP contribution in [0, 0.1) is 13.8 Å². The predicted molar refractivity (Wildman–Crippen MR) is 64.1 cm³/mol. The van der Waals surface area contributed by atoms with Crippen molar-refractivity contribution in [3.05, 3.63) is 45.9 Å². The van der Waals surface area contributed by atoms with Crippen LogP contribution in [0.3, 0.4) is 0 Å². The molecule has 1 heterocycles. The number of nitrogens with zero attached hydrogens (tertiary/aromatic N) is 1. The van der Waals surface area contributed by atoms with Gasteiger partial charge in [-0.1, -0.05) is 22.4 Å². The van der Waals surface area contributed by atoms with Crippen LogP contribution >= 0.6 is 0 Å². The SMILES string of the molecule is Cc1ccc(NC(=O)C[n+]2cc(=O)o[nH]2)c(C)c1. The number of hydrogen-bond acceptors (Lipinski definition) is 3. The topological polar surface area (TPSA) is 79.0 Å². The molecule has 0 radical (unpaired) electrons. The van der Waals surface area contributed by atoms with Gasteiger partial charge in [-0.05, 0) is 30.7 Å². The first-order chi connectivity index (χ1) is 8.54. The van der Waals surface area contributed by atoms with E-state index < -0.39 is 5.63 Å². The summed E-state index contributed by atoms with van der Waals surface area (Å²) in [6.07, 6.45) is 1.18. The van der Waals surface area contributed by atoms with Crippen molar-refractivity contribution >= 4 is 11.6 Å². The Bertz CT molecular complexity index is 627. The number of carbonyl (C=O) groups is 1. The number of aryl methyl sites for hydroxylation is 2. The number of aromatic amines is 1. The fourth-order valence-electron chi connectivity index (χ4n) is 1.66. The highest BCUT2D eigenvalue weighted by molar-refractivity contribution is 5.90. The second kappa shape index (κ2) is 4.87. The molecule has 1 aromatic heterocycles. The first-order valence-corrected chi connectivity index (χ1v) is 5.49. The number of carbonyl (C=O) groups excluding carboxylic acids is 1. The van der Waals surface area contributed by atoms with Crippen LogP contribution in [0.5, 0.6) is 0 Å². The molecule has 2 rings (SSSR count). The van der Waals surface area contributed by atoms with Gasteiger partial charge in [-0.3, -0.25) is 9.32 Å². The van der Waals surface area contributed by atoms with E-state index in [-0.39, 0.29) is 12.5 Å². The maximum Gasteiger partial charge on any atom is 0.426 e. The minimum Gasteiger partial charge on any atom is -0.320 e. The summed E-state index contributed by atoms with van der Waals surface area (Å²) in [6, 6.07) is 5.77. The van der Waals surface area contributed by atoms with Crippen molar-refractivity contribution in [2.24, 2.45) is 0 Å². The van der Waals surface area contributed by atoms with Gasteiger partial charge in [0.1, 0.15) is 0 Å². The third kappa shape index (κ3) is 2.85. The highest BCUT2D eigenvalue weighted by Crippen LogP contribution is 2.15. The molecule has 0 saturated heterocycles. The third-order valence-corrected chi connectivity index (χ3v) is 2.49. The zero-order valence-electron chi connectivity index (χ0n) is 10.2.